The Hall–Kier alpha value is 0.0969. The van der Waals surface area contributed by atoms with Gasteiger partial charge in [-0.2, -0.15) is 0 Å². The molecule has 4 heteroatoms. The molecule has 0 aromatic rings. The lowest BCUT2D eigenvalue weighted by molar-refractivity contribution is 0.189. The van der Waals surface area contributed by atoms with Gasteiger partial charge in [0.2, 0.25) is 0 Å². The van der Waals surface area contributed by atoms with Crippen LogP contribution in [0.15, 0.2) is 0 Å². The number of hydrogen-bond acceptors (Lipinski definition) is 3. The minimum Gasteiger partial charge on any atom is -0.385 e. The first-order valence-electron chi connectivity index (χ1n) is 5.06. The number of nitrogens with one attached hydrogen (secondary N) is 1. The molecule has 0 aliphatic heterocycles. The summed E-state index contributed by atoms with van der Waals surface area (Å²) in [5, 5.41) is 0. The standard InChI is InChI=1S/C9H23NO2Si/c1-6-9(4,5)10-13(11-7-2)12-8-3/h10,13H,6-8H2,1-5H3. The van der Waals surface area contributed by atoms with Crippen LogP contribution in [-0.4, -0.2) is 28.2 Å². The molecule has 0 atom stereocenters. The Bertz CT molecular complexity index is 125. The first-order valence-corrected chi connectivity index (χ1v) is 6.58. The van der Waals surface area contributed by atoms with Gasteiger partial charge in [-0.1, -0.05) is 6.92 Å². The van der Waals surface area contributed by atoms with Crippen molar-refractivity contribution in [1.82, 2.24) is 4.98 Å². The van der Waals surface area contributed by atoms with Gasteiger partial charge >= 0.3 is 9.45 Å². The summed E-state index contributed by atoms with van der Waals surface area (Å²) >= 11 is 0. The van der Waals surface area contributed by atoms with Crippen LogP contribution in [0.5, 0.6) is 0 Å². The van der Waals surface area contributed by atoms with Gasteiger partial charge in [0.15, 0.2) is 0 Å². The minimum absolute atomic E-state index is 0.126. The lowest BCUT2D eigenvalue weighted by Crippen LogP contribution is -2.51. The highest BCUT2D eigenvalue weighted by Gasteiger charge is 2.22. The fraction of sp³-hybridized carbons (Fsp3) is 1.00. The molecule has 0 fully saturated rings. The zero-order valence-corrected chi connectivity index (χ0v) is 10.7. The molecule has 0 heterocycles. The van der Waals surface area contributed by atoms with Gasteiger partial charge in [-0.15, -0.1) is 0 Å². The van der Waals surface area contributed by atoms with Crippen LogP contribution in [0.25, 0.3) is 0 Å². The molecule has 0 rings (SSSR count). The smallest absolute Gasteiger partial charge is 0.385 e. The molecule has 1 N–H and O–H groups in total. The predicted octanol–water partition coefficient (Wildman–Crippen LogP) is 1.55. The molecule has 3 nitrogen and oxygen atoms in total. The summed E-state index contributed by atoms with van der Waals surface area (Å²) in [5.74, 6) is 0. The van der Waals surface area contributed by atoms with Crippen LogP contribution in [-0.2, 0) is 8.85 Å². The van der Waals surface area contributed by atoms with Crippen molar-refractivity contribution in [3.05, 3.63) is 0 Å². The van der Waals surface area contributed by atoms with Crippen LogP contribution in [0.2, 0.25) is 0 Å². The molecule has 0 amide bonds. The highest BCUT2D eigenvalue weighted by molar-refractivity contribution is 6.41. The average Bonchev–Trinajstić information content (AvgIpc) is 2.05. The maximum atomic E-state index is 5.53. The zero-order chi connectivity index (χ0) is 10.3. The molecule has 13 heavy (non-hydrogen) atoms. The molecule has 80 valence electrons. The Labute approximate surface area is 83.7 Å². The maximum absolute atomic E-state index is 5.53. The van der Waals surface area contributed by atoms with E-state index in [-0.39, 0.29) is 5.54 Å². The summed E-state index contributed by atoms with van der Waals surface area (Å²) in [6, 6.07) is 0. The molecule has 0 aromatic heterocycles. The van der Waals surface area contributed by atoms with Gasteiger partial charge in [0.25, 0.3) is 0 Å². The fourth-order valence-corrected chi connectivity index (χ4v) is 2.57. The Morgan fingerprint density at radius 3 is 1.85 bits per heavy atom. The van der Waals surface area contributed by atoms with Crippen LogP contribution >= 0.6 is 0 Å². The van der Waals surface area contributed by atoms with E-state index in [0.717, 1.165) is 19.6 Å². The number of hydrogen-bond donors (Lipinski definition) is 1. The van der Waals surface area contributed by atoms with E-state index in [0.29, 0.717) is 0 Å². The van der Waals surface area contributed by atoms with Gasteiger partial charge in [-0.25, -0.2) is 0 Å². The zero-order valence-electron chi connectivity index (χ0n) is 9.52. The van der Waals surface area contributed by atoms with Gasteiger partial charge in [0.1, 0.15) is 0 Å². The third-order valence-corrected chi connectivity index (χ3v) is 4.32. The topological polar surface area (TPSA) is 30.5 Å². The normalized spacial score (nSPS) is 12.5. The van der Waals surface area contributed by atoms with Crippen molar-refractivity contribution in [3.63, 3.8) is 0 Å². The van der Waals surface area contributed by atoms with Crippen LogP contribution in [0.1, 0.15) is 41.0 Å². The van der Waals surface area contributed by atoms with Crippen LogP contribution < -0.4 is 4.98 Å². The highest BCUT2D eigenvalue weighted by Crippen LogP contribution is 2.07. The molecule has 0 spiro atoms. The lowest BCUT2D eigenvalue weighted by Gasteiger charge is -2.28. The second kappa shape index (κ2) is 6.54. The molecule has 0 saturated heterocycles. The van der Waals surface area contributed by atoms with E-state index in [4.69, 9.17) is 8.85 Å². The van der Waals surface area contributed by atoms with E-state index in [1.807, 2.05) is 13.8 Å². The largest absolute Gasteiger partial charge is 0.408 e. The Kier molecular flexibility index (Phi) is 6.58. The van der Waals surface area contributed by atoms with E-state index < -0.39 is 9.45 Å². The van der Waals surface area contributed by atoms with E-state index in [9.17, 15) is 0 Å². The first kappa shape index (κ1) is 13.1. The molecular weight excluding hydrogens is 182 g/mol. The van der Waals surface area contributed by atoms with Gasteiger partial charge < -0.3 is 8.85 Å². The molecule has 0 aliphatic rings. The summed E-state index contributed by atoms with van der Waals surface area (Å²) in [6.45, 7) is 12.0. The van der Waals surface area contributed by atoms with Crippen LogP contribution in [0.4, 0.5) is 0 Å². The van der Waals surface area contributed by atoms with Crippen molar-refractivity contribution in [2.24, 2.45) is 0 Å². The van der Waals surface area contributed by atoms with E-state index in [2.05, 4.69) is 25.8 Å². The molecule has 0 bridgehead atoms. The highest BCUT2D eigenvalue weighted by atomic mass is 28.3. The van der Waals surface area contributed by atoms with Crippen LogP contribution in [0, 0.1) is 0 Å². The van der Waals surface area contributed by atoms with Crippen molar-refractivity contribution in [2.45, 2.75) is 46.6 Å². The summed E-state index contributed by atoms with van der Waals surface area (Å²) in [7, 11) is -1.63. The Morgan fingerprint density at radius 1 is 1.08 bits per heavy atom. The second-order valence-electron chi connectivity index (χ2n) is 3.62. The molecule has 0 aliphatic carbocycles. The first-order chi connectivity index (χ1) is 6.05. The van der Waals surface area contributed by atoms with Gasteiger partial charge in [0.05, 0.1) is 0 Å². The quantitative estimate of drug-likeness (QED) is 0.640. The second-order valence-corrected chi connectivity index (χ2v) is 5.24. The van der Waals surface area contributed by atoms with Gasteiger partial charge in [-0.05, 0) is 34.1 Å². The Balaban J connectivity index is 3.92. The van der Waals surface area contributed by atoms with E-state index >= 15 is 0 Å². The summed E-state index contributed by atoms with van der Waals surface area (Å²) in [4.78, 5) is 3.44. The van der Waals surface area contributed by atoms with Crippen LogP contribution in [0.3, 0.4) is 0 Å². The van der Waals surface area contributed by atoms with Crippen molar-refractivity contribution in [1.29, 1.82) is 0 Å². The lowest BCUT2D eigenvalue weighted by atomic mass is 10.0. The molecule has 0 radical (unpaired) electrons. The van der Waals surface area contributed by atoms with Crippen molar-refractivity contribution < 1.29 is 8.85 Å². The SMILES string of the molecule is CCO[SiH](NC(C)(C)CC)OCC. The van der Waals surface area contributed by atoms with E-state index in [1.54, 1.807) is 0 Å². The number of rotatable bonds is 7. The maximum Gasteiger partial charge on any atom is 0.408 e. The van der Waals surface area contributed by atoms with Crippen molar-refractivity contribution >= 4 is 9.45 Å². The molecule has 0 unspecified atom stereocenters. The summed E-state index contributed by atoms with van der Waals surface area (Å²) < 4.78 is 11.1. The van der Waals surface area contributed by atoms with E-state index in [1.165, 1.54) is 0 Å². The fourth-order valence-electron chi connectivity index (χ4n) is 0.855. The predicted molar refractivity (Wildman–Crippen MR) is 57.9 cm³/mol. The van der Waals surface area contributed by atoms with Gasteiger partial charge in [0, 0.05) is 18.8 Å². The summed E-state index contributed by atoms with van der Waals surface area (Å²) in [5.41, 5.74) is 0.126. The third-order valence-electron chi connectivity index (χ3n) is 2.03. The Morgan fingerprint density at radius 2 is 1.54 bits per heavy atom. The van der Waals surface area contributed by atoms with Gasteiger partial charge in [-0.3, -0.25) is 4.98 Å². The molecule has 0 saturated carbocycles. The average molecular weight is 205 g/mol. The third kappa shape index (κ3) is 6.21. The van der Waals surface area contributed by atoms with Crippen molar-refractivity contribution in [3.8, 4) is 0 Å². The summed E-state index contributed by atoms with van der Waals surface area (Å²) in [6.07, 6.45) is 1.08. The molecule has 0 aromatic carbocycles. The molecular formula is C9H23NO2Si. The monoisotopic (exact) mass is 205 g/mol. The van der Waals surface area contributed by atoms with Crippen molar-refractivity contribution in [2.75, 3.05) is 13.2 Å². The minimum atomic E-state index is -1.63.